The number of H-pyrrole nitrogens is 1. The first-order valence-electron chi connectivity index (χ1n) is 6.80. The van der Waals surface area contributed by atoms with E-state index in [1.165, 1.54) is 17.8 Å². The smallest absolute Gasteiger partial charge is 0.251 e. The van der Waals surface area contributed by atoms with Crippen LogP contribution in [0.2, 0.25) is 5.15 Å². The number of rotatable bonds is 5. The molecule has 0 aliphatic heterocycles. The second-order valence-electron chi connectivity index (χ2n) is 4.94. The van der Waals surface area contributed by atoms with Crippen LogP contribution in [0.25, 0.3) is 0 Å². The SMILES string of the molecule is CCCc1cc(=O)[nH]c(Sc2cc(Cl)nc(C(C)C)n2)n1. The van der Waals surface area contributed by atoms with E-state index in [4.69, 9.17) is 11.6 Å². The van der Waals surface area contributed by atoms with Crippen molar-refractivity contribution in [1.29, 1.82) is 0 Å². The van der Waals surface area contributed by atoms with E-state index in [1.54, 1.807) is 6.07 Å². The number of nitrogens with zero attached hydrogens (tertiary/aromatic N) is 3. The molecule has 0 bridgehead atoms. The lowest BCUT2D eigenvalue weighted by atomic mass is 10.2. The van der Waals surface area contributed by atoms with Gasteiger partial charge in [-0.05, 0) is 18.2 Å². The summed E-state index contributed by atoms with van der Waals surface area (Å²) in [6.45, 7) is 6.05. The molecule has 0 saturated carbocycles. The van der Waals surface area contributed by atoms with Gasteiger partial charge in [0.25, 0.3) is 5.56 Å². The Morgan fingerprint density at radius 3 is 2.71 bits per heavy atom. The molecule has 0 amide bonds. The van der Waals surface area contributed by atoms with Crippen molar-refractivity contribution in [3.05, 3.63) is 39.2 Å². The second-order valence-corrected chi connectivity index (χ2v) is 6.33. The van der Waals surface area contributed by atoms with E-state index < -0.39 is 0 Å². The summed E-state index contributed by atoms with van der Waals surface area (Å²) in [7, 11) is 0. The molecule has 7 heteroatoms. The molecule has 0 aliphatic rings. The summed E-state index contributed by atoms with van der Waals surface area (Å²) in [6, 6.07) is 3.20. The standard InChI is InChI=1S/C14H17ClN4OS/c1-4-5-9-6-11(20)18-14(16-9)21-12-7-10(15)17-13(19-12)8(2)3/h6-8H,4-5H2,1-3H3,(H,16,18,20). The predicted octanol–water partition coefficient (Wildman–Crippen LogP) is 3.44. The average molecular weight is 325 g/mol. The average Bonchev–Trinajstić information content (AvgIpc) is 2.37. The quantitative estimate of drug-likeness (QED) is 0.673. The molecule has 1 N–H and O–H groups in total. The van der Waals surface area contributed by atoms with Crippen LogP contribution >= 0.6 is 23.4 Å². The first-order chi connectivity index (χ1) is 9.97. The molecule has 0 fully saturated rings. The Balaban J connectivity index is 2.31. The molecule has 0 unspecified atom stereocenters. The normalized spacial score (nSPS) is 11.1. The highest BCUT2D eigenvalue weighted by Crippen LogP contribution is 2.25. The number of hydrogen-bond donors (Lipinski definition) is 1. The van der Waals surface area contributed by atoms with E-state index in [9.17, 15) is 4.79 Å². The lowest BCUT2D eigenvalue weighted by Gasteiger charge is -2.07. The van der Waals surface area contributed by atoms with Gasteiger partial charge >= 0.3 is 0 Å². The van der Waals surface area contributed by atoms with Crippen molar-refractivity contribution in [2.45, 2.75) is 49.7 Å². The van der Waals surface area contributed by atoms with Crippen LogP contribution in [0.15, 0.2) is 27.1 Å². The molecule has 2 aromatic heterocycles. The maximum absolute atomic E-state index is 11.7. The van der Waals surface area contributed by atoms with E-state index in [1.807, 2.05) is 13.8 Å². The molecular formula is C14H17ClN4OS. The molecule has 0 aromatic carbocycles. The Labute approximate surface area is 132 Å². The Morgan fingerprint density at radius 2 is 2.05 bits per heavy atom. The van der Waals surface area contributed by atoms with Gasteiger partial charge in [-0.25, -0.2) is 15.0 Å². The zero-order valence-electron chi connectivity index (χ0n) is 12.2. The van der Waals surface area contributed by atoms with Crippen LogP contribution < -0.4 is 5.56 Å². The fourth-order valence-corrected chi connectivity index (χ4v) is 2.82. The summed E-state index contributed by atoms with van der Waals surface area (Å²) < 4.78 is 0. The molecule has 112 valence electrons. The Bertz CT molecular complexity index is 687. The topological polar surface area (TPSA) is 71.5 Å². The van der Waals surface area contributed by atoms with Crippen molar-refractivity contribution in [1.82, 2.24) is 19.9 Å². The van der Waals surface area contributed by atoms with Crippen molar-refractivity contribution in [2.75, 3.05) is 0 Å². The summed E-state index contributed by atoms with van der Waals surface area (Å²) in [5.41, 5.74) is 0.633. The first kappa shape index (κ1) is 16.0. The highest BCUT2D eigenvalue weighted by Gasteiger charge is 2.10. The molecule has 5 nitrogen and oxygen atoms in total. The minimum atomic E-state index is -0.153. The summed E-state index contributed by atoms with van der Waals surface area (Å²) in [6.07, 6.45) is 1.72. The number of aromatic nitrogens is 4. The van der Waals surface area contributed by atoms with Crippen LogP contribution in [0, 0.1) is 0 Å². The van der Waals surface area contributed by atoms with Crippen LogP contribution in [0.1, 0.15) is 44.6 Å². The van der Waals surface area contributed by atoms with E-state index in [2.05, 4.69) is 26.9 Å². The molecular weight excluding hydrogens is 308 g/mol. The van der Waals surface area contributed by atoms with Gasteiger partial charge in [0.2, 0.25) is 0 Å². The number of aryl methyl sites for hydroxylation is 1. The Morgan fingerprint density at radius 1 is 1.29 bits per heavy atom. The molecule has 2 rings (SSSR count). The van der Waals surface area contributed by atoms with Crippen LogP contribution in [0.4, 0.5) is 0 Å². The van der Waals surface area contributed by atoms with Crippen molar-refractivity contribution >= 4 is 23.4 Å². The number of aromatic amines is 1. The minimum absolute atomic E-state index is 0.153. The monoisotopic (exact) mass is 324 g/mol. The molecule has 2 heterocycles. The van der Waals surface area contributed by atoms with Crippen molar-refractivity contribution in [2.24, 2.45) is 0 Å². The van der Waals surface area contributed by atoms with Gasteiger partial charge in [-0.15, -0.1) is 0 Å². The molecule has 0 spiro atoms. The fourth-order valence-electron chi connectivity index (χ4n) is 1.74. The molecule has 2 aromatic rings. The predicted molar refractivity (Wildman–Crippen MR) is 84.1 cm³/mol. The third kappa shape index (κ3) is 4.54. The van der Waals surface area contributed by atoms with Crippen molar-refractivity contribution in [3.8, 4) is 0 Å². The van der Waals surface area contributed by atoms with Gasteiger partial charge in [-0.2, -0.15) is 0 Å². The van der Waals surface area contributed by atoms with E-state index in [0.717, 1.165) is 18.5 Å². The largest absolute Gasteiger partial charge is 0.301 e. The maximum atomic E-state index is 11.7. The van der Waals surface area contributed by atoms with Crippen molar-refractivity contribution in [3.63, 3.8) is 0 Å². The third-order valence-corrected chi connectivity index (χ3v) is 3.68. The van der Waals surface area contributed by atoms with E-state index >= 15 is 0 Å². The van der Waals surface area contributed by atoms with E-state index in [-0.39, 0.29) is 11.5 Å². The highest BCUT2D eigenvalue weighted by molar-refractivity contribution is 7.99. The van der Waals surface area contributed by atoms with Gasteiger partial charge in [-0.1, -0.05) is 38.8 Å². The summed E-state index contributed by atoms with van der Waals surface area (Å²) >= 11 is 7.30. The molecule has 0 atom stereocenters. The Kier molecular flexibility index (Phi) is 5.36. The summed E-state index contributed by atoms with van der Waals surface area (Å²) in [5.74, 6) is 0.860. The first-order valence-corrected chi connectivity index (χ1v) is 8.00. The molecule has 21 heavy (non-hydrogen) atoms. The summed E-state index contributed by atoms with van der Waals surface area (Å²) in [5, 5.41) is 1.59. The maximum Gasteiger partial charge on any atom is 0.251 e. The summed E-state index contributed by atoms with van der Waals surface area (Å²) in [4.78, 5) is 27.4. The molecule has 0 radical (unpaired) electrons. The third-order valence-electron chi connectivity index (χ3n) is 2.69. The Hall–Kier alpha value is -1.40. The second kappa shape index (κ2) is 7.04. The van der Waals surface area contributed by atoms with Crippen LogP contribution in [0.5, 0.6) is 0 Å². The van der Waals surface area contributed by atoms with Crippen LogP contribution in [-0.4, -0.2) is 19.9 Å². The molecule has 0 saturated heterocycles. The van der Waals surface area contributed by atoms with Gasteiger partial charge < -0.3 is 4.98 Å². The number of halogens is 1. The lowest BCUT2D eigenvalue weighted by Crippen LogP contribution is -2.10. The highest BCUT2D eigenvalue weighted by atomic mass is 35.5. The fraction of sp³-hybridized carbons (Fsp3) is 0.429. The lowest BCUT2D eigenvalue weighted by molar-refractivity contribution is 0.752. The van der Waals surface area contributed by atoms with Gasteiger partial charge in [0.1, 0.15) is 16.0 Å². The zero-order chi connectivity index (χ0) is 15.4. The zero-order valence-corrected chi connectivity index (χ0v) is 13.8. The van der Waals surface area contributed by atoms with Gasteiger partial charge in [0, 0.05) is 23.7 Å². The van der Waals surface area contributed by atoms with Crippen molar-refractivity contribution < 1.29 is 0 Å². The van der Waals surface area contributed by atoms with Gasteiger partial charge in [0.05, 0.1) is 0 Å². The number of nitrogens with one attached hydrogen (secondary N) is 1. The van der Waals surface area contributed by atoms with Gasteiger partial charge in [0.15, 0.2) is 5.16 Å². The molecule has 0 aliphatic carbocycles. The van der Waals surface area contributed by atoms with Crippen LogP contribution in [-0.2, 0) is 6.42 Å². The van der Waals surface area contributed by atoms with E-state index in [0.29, 0.717) is 21.2 Å². The van der Waals surface area contributed by atoms with Gasteiger partial charge in [-0.3, -0.25) is 4.79 Å². The minimum Gasteiger partial charge on any atom is -0.301 e. The number of hydrogen-bond acceptors (Lipinski definition) is 5. The van der Waals surface area contributed by atoms with Crippen LogP contribution in [0.3, 0.4) is 0 Å².